The number of amides is 1. The highest BCUT2D eigenvalue weighted by Crippen LogP contribution is 2.28. The van der Waals surface area contributed by atoms with Crippen molar-refractivity contribution in [3.8, 4) is 5.75 Å². The summed E-state index contributed by atoms with van der Waals surface area (Å²) in [5.74, 6) is 0.890. The number of pyridine rings is 1. The van der Waals surface area contributed by atoms with E-state index in [1.807, 2.05) is 43.3 Å². The van der Waals surface area contributed by atoms with Crippen LogP contribution in [0.5, 0.6) is 5.75 Å². The van der Waals surface area contributed by atoms with Crippen molar-refractivity contribution in [1.82, 2.24) is 4.98 Å². The van der Waals surface area contributed by atoms with E-state index in [2.05, 4.69) is 36.3 Å². The number of hydrogen-bond acceptors (Lipinski definition) is 3. The van der Waals surface area contributed by atoms with Crippen molar-refractivity contribution in [3.63, 3.8) is 0 Å². The molecule has 3 rings (SSSR count). The van der Waals surface area contributed by atoms with Gasteiger partial charge in [0.25, 0.3) is 5.91 Å². The van der Waals surface area contributed by atoms with Gasteiger partial charge in [-0.15, -0.1) is 0 Å². The first-order valence-corrected chi connectivity index (χ1v) is 8.87. The summed E-state index contributed by atoms with van der Waals surface area (Å²) in [5.41, 5.74) is 3.67. The van der Waals surface area contributed by atoms with Gasteiger partial charge in [-0.3, -0.25) is 9.78 Å². The molecular formula is C22H24N2O2. The molecule has 0 aliphatic rings. The Morgan fingerprint density at radius 3 is 2.62 bits per heavy atom. The number of para-hydroxylation sites is 1. The van der Waals surface area contributed by atoms with Gasteiger partial charge in [-0.25, -0.2) is 0 Å². The summed E-state index contributed by atoms with van der Waals surface area (Å²) < 4.78 is 6.00. The molecule has 1 N–H and O–H groups in total. The molecule has 4 heteroatoms. The van der Waals surface area contributed by atoms with Crippen molar-refractivity contribution >= 4 is 22.5 Å². The zero-order valence-corrected chi connectivity index (χ0v) is 15.6. The highest BCUT2D eigenvalue weighted by molar-refractivity contribution is 6.01. The van der Waals surface area contributed by atoms with Crippen molar-refractivity contribution in [2.45, 2.75) is 39.7 Å². The summed E-state index contributed by atoms with van der Waals surface area (Å²) in [7, 11) is 0. The van der Waals surface area contributed by atoms with Crippen LogP contribution < -0.4 is 10.1 Å². The zero-order valence-electron chi connectivity index (χ0n) is 15.6. The predicted molar refractivity (Wildman–Crippen MR) is 106 cm³/mol. The molecular weight excluding hydrogens is 324 g/mol. The van der Waals surface area contributed by atoms with E-state index >= 15 is 0 Å². The van der Waals surface area contributed by atoms with Crippen molar-refractivity contribution in [3.05, 3.63) is 65.9 Å². The number of hydrogen-bond donors (Lipinski definition) is 1. The molecule has 134 valence electrons. The molecule has 4 nitrogen and oxygen atoms in total. The Bertz CT molecular complexity index is 929. The maximum absolute atomic E-state index is 12.7. The van der Waals surface area contributed by atoms with E-state index in [1.165, 1.54) is 0 Å². The molecule has 1 atom stereocenters. The number of benzene rings is 2. The first-order chi connectivity index (χ1) is 12.5. The maximum atomic E-state index is 12.7. The van der Waals surface area contributed by atoms with Crippen LogP contribution in [0.25, 0.3) is 10.9 Å². The van der Waals surface area contributed by atoms with Crippen molar-refractivity contribution < 1.29 is 9.53 Å². The molecule has 0 saturated heterocycles. The fourth-order valence-corrected chi connectivity index (χ4v) is 2.90. The molecule has 0 fully saturated rings. The lowest BCUT2D eigenvalue weighted by atomic mass is 10.0. The molecule has 0 spiro atoms. The van der Waals surface area contributed by atoms with Crippen LogP contribution in [0.15, 0.2) is 54.7 Å². The molecule has 1 heterocycles. The molecule has 3 aromatic rings. The number of aryl methyl sites for hydroxylation is 1. The number of nitrogens with one attached hydrogen (secondary N) is 1. The smallest absolute Gasteiger partial charge is 0.265 e. The van der Waals surface area contributed by atoms with E-state index in [9.17, 15) is 4.79 Å². The zero-order chi connectivity index (χ0) is 18.7. The second-order valence-electron chi connectivity index (χ2n) is 6.83. The fourth-order valence-electron chi connectivity index (χ4n) is 2.90. The second kappa shape index (κ2) is 7.56. The summed E-state index contributed by atoms with van der Waals surface area (Å²) >= 11 is 0. The molecule has 0 aliphatic carbocycles. The van der Waals surface area contributed by atoms with Crippen LogP contribution in [0.3, 0.4) is 0 Å². The molecule has 0 saturated carbocycles. The Kier molecular flexibility index (Phi) is 5.21. The molecule has 2 aromatic carbocycles. The number of aromatic nitrogens is 1. The Morgan fingerprint density at radius 2 is 1.85 bits per heavy atom. The first-order valence-electron chi connectivity index (χ1n) is 8.87. The third-order valence-corrected chi connectivity index (χ3v) is 4.35. The first kappa shape index (κ1) is 17.9. The van der Waals surface area contributed by atoms with E-state index in [4.69, 9.17) is 4.74 Å². The van der Waals surface area contributed by atoms with Gasteiger partial charge in [-0.05, 0) is 49.1 Å². The minimum absolute atomic E-state index is 0.195. The lowest BCUT2D eigenvalue weighted by Gasteiger charge is -2.19. The number of ether oxygens (including phenoxy) is 1. The van der Waals surface area contributed by atoms with E-state index in [0.717, 1.165) is 27.8 Å². The highest BCUT2D eigenvalue weighted by atomic mass is 16.5. The van der Waals surface area contributed by atoms with Gasteiger partial charge in [0.05, 0.1) is 11.2 Å². The van der Waals surface area contributed by atoms with Crippen LogP contribution in [-0.2, 0) is 4.79 Å². The lowest BCUT2D eigenvalue weighted by Crippen LogP contribution is -2.30. The third-order valence-electron chi connectivity index (χ3n) is 4.35. The van der Waals surface area contributed by atoms with Crippen LogP contribution >= 0.6 is 0 Å². The number of carbonyl (C=O) groups is 1. The normalized spacial score (nSPS) is 12.2. The van der Waals surface area contributed by atoms with Gasteiger partial charge >= 0.3 is 0 Å². The van der Waals surface area contributed by atoms with Gasteiger partial charge in [-0.2, -0.15) is 0 Å². The fraction of sp³-hybridized carbons (Fsp3) is 0.273. The van der Waals surface area contributed by atoms with E-state index in [1.54, 1.807) is 13.1 Å². The quantitative estimate of drug-likeness (QED) is 0.700. The Labute approximate surface area is 154 Å². The average molecular weight is 348 g/mol. The Morgan fingerprint density at radius 1 is 1.08 bits per heavy atom. The number of fused-ring (bicyclic) bond motifs is 1. The van der Waals surface area contributed by atoms with Crippen LogP contribution in [0.2, 0.25) is 0 Å². The van der Waals surface area contributed by atoms with Gasteiger partial charge in [0, 0.05) is 11.6 Å². The Balaban J connectivity index is 1.79. The summed E-state index contributed by atoms with van der Waals surface area (Å²) in [4.78, 5) is 17.0. The van der Waals surface area contributed by atoms with Crippen molar-refractivity contribution in [2.24, 2.45) is 0 Å². The number of rotatable bonds is 5. The Hall–Kier alpha value is -2.88. The van der Waals surface area contributed by atoms with Gasteiger partial charge in [0.1, 0.15) is 5.75 Å². The second-order valence-corrected chi connectivity index (χ2v) is 6.83. The van der Waals surface area contributed by atoms with Crippen LogP contribution in [0.4, 0.5) is 5.69 Å². The molecule has 1 aromatic heterocycles. The lowest BCUT2D eigenvalue weighted by molar-refractivity contribution is -0.122. The monoisotopic (exact) mass is 348 g/mol. The molecule has 0 unspecified atom stereocenters. The van der Waals surface area contributed by atoms with Gasteiger partial charge in [0.15, 0.2) is 6.10 Å². The van der Waals surface area contributed by atoms with Crippen molar-refractivity contribution in [1.29, 1.82) is 0 Å². The topological polar surface area (TPSA) is 51.2 Å². The van der Waals surface area contributed by atoms with E-state index in [-0.39, 0.29) is 5.91 Å². The molecule has 26 heavy (non-hydrogen) atoms. The summed E-state index contributed by atoms with van der Waals surface area (Å²) in [6.45, 7) is 8.01. The summed E-state index contributed by atoms with van der Waals surface area (Å²) in [6, 6.07) is 15.7. The van der Waals surface area contributed by atoms with Crippen LogP contribution in [0, 0.1) is 6.92 Å². The number of anilines is 1. The van der Waals surface area contributed by atoms with Crippen LogP contribution in [-0.4, -0.2) is 17.0 Å². The minimum atomic E-state index is -0.617. The number of nitrogens with zero attached hydrogens (tertiary/aromatic N) is 1. The standard InChI is InChI=1S/C22H24N2O2/c1-14(2)18-11-10-15(3)13-20(18)26-16(4)22(25)24-19-9-5-7-17-8-6-12-23-21(17)19/h5-14,16H,1-4H3,(H,24,25)/t16-/m1/s1. The largest absolute Gasteiger partial charge is 0.481 e. The summed E-state index contributed by atoms with van der Waals surface area (Å²) in [6.07, 6.45) is 1.10. The van der Waals surface area contributed by atoms with E-state index in [0.29, 0.717) is 11.6 Å². The average Bonchev–Trinajstić information content (AvgIpc) is 2.61. The molecule has 0 radical (unpaired) electrons. The minimum Gasteiger partial charge on any atom is -0.481 e. The third kappa shape index (κ3) is 3.85. The molecule has 1 amide bonds. The maximum Gasteiger partial charge on any atom is 0.265 e. The predicted octanol–water partition coefficient (Wildman–Crippen LogP) is 5.07. The van der Waals surface area contributed by atoms with Gasteiger partial charge < -0.3 is 10.1 Å². The number of carbonyl (C=O) groups excluding carboxylic acids is 1. The highest BCUT2D eigenvalue weighted by Gasteiger charge is 2.18. The van der Waals surface area contributed by atoms with Gasteiger partial charge in [-0.1, -0.05) is 44.2 Å². The summed E-state index contributed by atoms with van der Waals surface area (Å²) in [5, 5.41) is 3.93. The van der Waals surface area contributed by atoms with Crippen LogP contribution in [0.1, 0.15) is 37.8 Å². The van der Waals surface area contributed by atoms with Crippen molar-refractivity contribution in [2.75, 3.05) is 5.32 Å². The molecule has 0 aliphatic heterocycles. The molecule has 0 bridgehead atoms. The van der Waals surface area contributed by atoms with E-state index < -0.39 is 6.10 Å². The SMILES string of the molecule is Cc1ccc(C(C)C)c(O[C@H](C)C(=O)Nc2cccc3cccnc23)c1. The van der Waals surface area contributed by atoms with Gasteiger partial charge in [0.2, 0.25) is 0 Å².